The second-order valence-corrected chi connectivity index (χ2v) is 5.61. The number of rotatable bonds is 3. The number of carbonyl (C=O) groups excluding carboxylic acids is 1. The molecule has 0 saturated carbocycles. The van der Waals surface area contributed by atoms with Crippen molar-refractivity contribution in [1.82, 2.24) is 4.90 Å². The second kappa shape index (κ2) is 6.77. The lowest BCUT2D eigenvalue weighted by atomic mass is 10.1. The third-order valence-electron chi connectivity index (χ3n) is 4.12. The minimum Gasteiger partial charge on any atom is -0.368 e. The third kappa shape index (κ3) is 3.67. The smallest absolute Gasteiger partial charge is 0.227 e. The minimum absolute atomic E-state index is 0.0612. The molecule has 0 N–H and O–H groups in total. The molecular weight excluding hydrogens is 298 g/mol. The lowest BCUT2D eigenvalue weighted by Crippen LogP contribution is -2.49. The molecule has 2 aromatic carbocycles. The van der Waals surface area contributed by atoms with E-state index in [0.717, 1.165) is 5.69 Å². The largest absolute Gasteiger partial charge is 0.368 e. The van der Waals surface area contributed by atoms with Crippen molar-refractivity contribution in [2.75, 3.05) is 31.1 Å². The van der Waals surface area contributed by atoms with E-state index in [2.05, 4.69) is 4.90 Å². The number of piperazine rings is 1. The molecule has 0 bridgehead atoms. The van der Waals surface area contributed by atoms with Gasteiger partial charge in [0.1, 0.15) is 11.6 Å². The maximum Gasteiger partial charge on any atom is 0.227 e. The van der Waals surface area contributed by atoms with Crippen molar-refractivity contribution in [1.29, 1.82) is 0 Å². The number of amides is 1. The molecule has 0 spiro atoms. The van der Waals surface area contributed by atoms with E-state index in [-0.39, 0.29) is 24.0 Å². The molecule has 0 aromatic heterocycles. The van der Waals surface area contributed by atoms with E-state index < -0.39 is 0 Å². The number of benzene rings is 2. The zero-order valence-electron chi connectivity index (χ0n) is 12.7. The predicted octanol–water partition coefficient (Wildman–Crippen LogP) is 2.86. The van der Waals surface area contributed by atoms with Crippen molar-refractivity contribution < 1.29 is 13.6 Å². The predicted molar refractivity (Wildman–Crippen MR) is 85.3 cm³/mol. The van der Waals surface area contributed by atoms with Gasteiger partial charge in [-0.25, -0.2) is 8.78 Å². The summed E-state index contributed by atoms with van der Waals surface area (Å²) in [7, 11) is 0. The van der Waals surface area contributed by atoms with Crippen LogP contribution in [0.1, 0.15) is 5.56 Å². The molecule has 1 heterocycles. The molecule has 23 heavy (non-hydrogen) atoms. The van der Waals surface area contributed by atoms with Gasteiger partial charge in [0.2, 0.25) is 5.91 Å². The molecule has 1 amide bonds. The van der Waals surface area contributed by atoms with Crippen molar-refractivity contribution in [3.8, 4) is 0 Å². The van der Waals surface area contributed by atoms with Crippen LogP contribution in [0.2, 0.25) is 0 Å². The van der Waals surface area contributed by atoms with Crippen molar-refractivity contribution >= 4 is 11.6 Å². The van der Waals surface area contributed by atoms with Gasteiger partial charge in [-0.15, -0.1) is 0 Å². The van der Waals surface area contributed by atoms with Gasteiger partial charge in [0, 0.05) is 31.9 Å². The van der Waals surface area contributed by atoms with Crippen molar-refractivity contribution in [3.63, 3.8) is 0 Å². The molecule has 5 heteroatoms. The van der Waals surface area contributed by atoms with Crippen LogP contribution in [0.3, 0.4) is 0 Å². The molecule has 0 unspecified atom stereocenters. The monoisotopic (exact) mass is 316 g/mol. The van der Waals surface area contributed by atoms with E-state index in [1.54, 1.807) is 35.2 Å². The lowest BCUT2D eigenvalue weighted by molar-refractivity contribution is -0.130. The van der Waals surface area contributed by atoms with Gasteiger partial charge in [0.25, 0.3) is 0 Å². The Morgan fingerprint density at radius 2 is 1.57 bits per heavy atom. The van der Waals surface area contributed by atoms with Gasteiger partial charge in [0.15, 0.2) is 0 Å². The summed E-state index contributed by atoms with van der Waals surface area (Å²) >= 11 is 0. The van der Waals surface area contributed by atoms with Crippen LogP contribution in [-0.2, 0) is 11.2 Å². The zero-order chi connectivity index (χ0) is 16.2. The number of hydrogen-bond acceptors (Lipinski definition) is 2. The fourth-order valence-corrected chi connectivity index (χ4v) is 2.78. The highest BCUT2D eigenvalue weighted by Crippen LogP contribution is 2.17. The Morgan fingerprint density at radius 3 is 2.22 bits per heavy atom. The first-order chi connectivity index (χ1) is 11.1. The Bertz CT molecular complexity index is 680. The molecule has 0 radical (unpaired) electrons. The molecule has 0 atom stereocenters. The molecule has 3 rings (SSSR count). The van der Waals surface area contributed by atoms with Crippen LogP contribution >= 0.6 is 0 Å². The zero-order valence-corrected chi connectivity index (χ0v) is 12.7. The summed E-state index contributed by atoms with van der Waals surface area (Å²) in [6.07, 6.45) is 0.0865. The highest BCUT2D eigenvalue weighted by molar-refractivity contribution is 5.79. The standard InChI is InChI=1S/C18H18F2N2O/c19-15-5-7-16(8-6-15)21-9-11-22(12-10-21)18(23)13-14-3-1-2-4-17(14)20/h1-8H,9-13H2. The maximum absolute atomic E-state index is 13.6. The van der Waals surface area contributed by atoms with Gasteiger partial charge in [-0.3, -0.25) is 4.79 Å². The van der Waals surface area contributed by atoms with Crippen molar-refractivity contribution in [3.05, 3.63) is 65.7 Å². The van der Waals surface area contributed by atoms with Gasteiger partial charge >= 0.3 is 0 Å². The van der Waals surface area contributed by atoms with Gasteiger partial charge in [0.05, 0.1) is 6.42 Å². The summed E-state index contributed by atoms with van der Waals surface area (Å²) in [5, 5.41) is 0. The molecule has 0 aliphatic carbocycles. The minimum atomic E-state index is -0.342. The summed E-state index contributed by atoms with van der Waals surface area (Å²) in [5.41, 5.74) is 1.38. The van der Waals surface area contributed by atoms with Crippen LogP contribution < -0.4 is 4.90 Å². The normalized spacial score (nSPS) is 14.9. The maximum atomic E-state index is 13.6. The van der Waals surface area contributed by atoms with E-state index in [4.69, 9.17) is 0 Å². The molecule has 3 nitrogen and oxygen atoms in total. The van der Waals surface area contributed by atoms with E-state index in [1.165, 1.54) is 18.2 Å². The first-order valence-corrected chi connectivity index (χ1v) is 7.65. The van der Waals surface area contributed by atoms with E-state index >= 15 is 0 Å². The highest BCUT2D eigenvalue weighted by atomic mass is 19.1. The van der Waals surface area contributed by atoms with Gasteiger partial charge in [-0.05, 0) is 35.9 Å². The molecule has 1 fully saturated rings. The summed E-state index contributed by atoms with van der Waals surface area (Å²) in [6.45, 7) is 2.55. The first-order valence-electron chi connectivity index (χ1n) is 7.65. The average molecular weight is 316 g/mol. The Balaban J connectivity index is 1.57. The second-order valence-electron chi connectivity index (χ2n) is 5.61. The number of halogens is 2. The molecular formula is C18H18F2N2O. The van der Waals surface area contributed by atoms with Crippen LogP contribution in [-0.4, -0.2) is 37.0 Å². The van der Waals surface area contributed by atoms with E-state index in [0.29, 0.717) is 31.7 Å². The Hall–Kier alpha value is -2.43. The SMILES string of the molecule is O=C(Cc1ccccc1F)N1CCN(c2ccc(F)cc2)CC1. The molecule has 1 saturated heterocycles. The average Bonchev–Trinajstić information content (AvgIpc) is 2.58. The molecule has 1 aliphatic rings. The van der Waals surface area contributed by atoms with E-state index in [1.807, 2.05) is 0 Å². The summed E-state index contributed by atoms with van der Waals surface area (Å²) in [4.78, 5) is 16.2. The Morgan fingerprint density at radius 1 is 0.913 bits per heavy atom. The number of carbonyl (C=O) groups is 1. The fraction of sp³-hybridized carbons (Fsp3) is 0.278. The number of nitrogens with zero attached hydrogens (tertiary/aromatic N) is 2. The van der Waals surface area contributed by atoms with Gasteiger partial charge in [-0.2, -0.15) is 0 Å². The van der Waals surface area contributed by atoms with Crippen molar-refractivity contribution in [2.45, 2.75) is 6.42 Å². The molecule has 120 valence electrons. The Labute approximate surface area is 134 Å². The first kappa shape index (κ1) is 15.5. The highest BCUT2D eigenvalue weighted by Gasteiger charge is 2.22. The topological polar surface area (TPSA) is 23.6 Å². The lowest BCUT2D eigenvalue weighted by Gasteiger charge is -2.36. The summed E-state index contributed by atoms with van der Waals surface area (Å²) < 4.78 is 26.6. The summed E-state index contributed by atoms with van der Waals surface area (Å²) in [6, 6.07) is 12.7. The summed E-state index contributed by atoms with van der Waals surface area (Å²) in [5.74, 6) is -0.660. The fourth-order valence-electron chi connectivity index (χ4n) is 2.78. The van der Waals surface area contributed by atoms with Crippen LogP contribution in [0, 0.1) is 11.6 Å². The van der Waals surface area contributed by atoms with Crippen LogP contribution in [0.15, 0.2) is 48.5 Å². The number of anilines is 1. The van der Waals surface area contributed by atoms with E-state index in [9.17, 15) is 13.6 Å². The number of hydrogen-bond donors (Lipinski definition) is 0. The van der Waals surface area contributed by atoms with Gasteiger partial charge < -0.3 is 9.80 Å². The Kier molecular flexibility index (Phi) is 4.55. The molecule has 1 aliphatic heterocycles. The van der Waals surface area contributed by atoms with Crippen molar-refractivity contribution in [2.24, 2.45) is 0 Å². The van der Waals surface area contributed by atoms with Gasteiger partial charge in [-0.1, -0.05) is 18.2 Å². The quantitative estimate of drug-likeness (QED) is 0.869. The molecule has 2 aromatic rings. The van der Waals surface area contributed by atoms with Crippen LogP contribution in [0.4, 0.5) is 14.5 Å². The third-order valence-corrected chi connectivity index (χ3v) is 4.12. The van der Waals surface area contributed by atoms with Crippen LogP contribution in [0.25, 0.3) is 0 Å². The van der Waals surface area contributed by atoms with Crippen LogP contribution in [0.5, 0.6) is 0 Å².